The molecule has 0 radical (unpaired) electrons. The average molecular weight is 585 g/mol. The van der Waals surface area contributed by atoms with E-state index in [9.17, 15) is 32.7 Å². The summed E-state index contributed by atoms with van der Waals surface area (Å²) in [6.45, 7) is 5.12. The van der Waals surface area contributed by atoms with E-state index in [2.05, 4.69) is 16.1 Å². The molecule has 13 heteroatoms. The Bertz CT molecular complexity index is 1100. The molecule has 3 fully saturated rings. The first-order valence-electron chi connectivity index (χ1n) is 14.2. The number of hydrogen-bond donors (Lipinski definition) is 4. The summed E-state index contributed by atoms with van der Waals surface area (Å²) in [5.41, 5.74) is 5.83. The van der Waals surface area contributed by atoms with Crippen LogP contribution in [0.3, 0.4) is 0 Å². The molecule has 0 aromatic rings. The van der Waals surface area contributed by atoms with Crippen LogP contribution in [0, 0.1) is 5.92 Å². The fourth-order valence-electron chi connectivity index (χ4n) is 5.18. The summed E-state index contributed by atoms with van der Waals surface area (Å²) in [7, 11) is -3.53. The summed E-state index contributed by atoms with van der Waals surface area (Å²) < 4.78 is 31.6. The van der Waals surface area contributed by atoms with Gasteiger partial charge >= 0.3 is 6.09 Å². The number of nitrogens with one attached hydrogen (secondary N) is 2. The zero-order valence-corrected chi connectivity index (χ0v) is 24.5. The van der Waals surface area contributed by atoms with Gasteiger partial charge in [0.2, 0.25) is 27.7 Å². The molecular weight excluding hydrogens is 540 g/mol. The maximum Gasteiger partial charge on any atom is 0.408 e. The Labute approximate surface area is 236 Å². The van der Waals surface area contributed by atoms with Gasteiger partial charge in [-0.1, -0.05) is 24.5 Å². The molecule has 2 aliphatic carbocycles. The number of aliphatic hydroxyl groups excluding tert-OH is 1. The van der Waals surface area contributed by atoms with E-state index < -0.39 is 62.9 Å². The minimum atomic E-state index is -3.53. The van der Waals surface area contributed by atoms with Crippen LogP contribution in [0.15, 0.2) is 11.6 Å². The van der Waals surface area contributed by atoms with Crippen LogP contribution in [-0.2, 0) is 29.1 Å². The lowest BCUT2D eigenvalue weighted by Gasteiger charge is -2.28. The van der Waals surface area contributed by atoms with Crippen LogP contribution in [0.1, 0.15) is 91.4 Å². The fourth-order valence-corrected chi connectivity index (χ4v) is 6.56. The molecule has 1 saturated heterocycles. The number of unbranched alkanes of at least 4 members (excludes halogenated alkanes) is 3. The minimum Gasteiger partial charge on any atom is -0.444 e. The molecule has 0 bridgehead atoms. The van der Waals surface area contributed by atoms with Crippen molar-refractivity contribution in [1.29, 1.82) is 0 Å². The number of sulfonamides is 1. The molecule has 12 nitrogen and oxygen atoms in total. The molecule has 1 aliphatic heterocycles. The van der Waals surface area contributed by atoms with Crippen molar-refractivity contribution in [2.75, 3.05) is 6.54 Å². The maximum atomic E-state index is 13.3. The van der Waals surface area contributed by atoms with Gasteiger partial charge in [0.15, 0.2) is 0 Å². The van der Waals surface area contributed by atoms with E-state index in [-0.39, 0.29) is 18.9 Å². The van der Waals surface area contributed by atoms with Crippen molar-refractivity contribution in [3.05, 3.63) is 11.6 Å². The van der Waals surface area contributed by atoms with Crippen LogP contribution in [-0.4, -0.2) is 77.8 Å². The summed E-state index contributed by atoms with van der Waals surface area (Å²) in [6.07, 6.45) is 7.08. The van der Waals surface area contributed by atoms with Crippen molar-refractivity contribution in [1.82, 2.24) is 14.9 Å². The van der Waals surface area contributed by atoms with Crippen LogP contribution in [0.5, 0.6) is 0 Å². The van der Waals surface area contributed by atoms with Gasteiger partial charge in [-0.15, -0.1) is 0 Å². The van der Waals surface area contributed by atoms with Crippen LogP contribution < -0.4 is 15.8 Å². The molecule has 4 amide bonds. The highest BCUT2D eigenvalue weighted by atomic mass is 32.2. The summed E-state index contributed by atoms with van der Waals surface area (Å²) >= 11 is 0. The van der Waals surface area contributed by atoms with Gasteiger partial charge in [-0.05, 0) is 72.1 Å². The van der Waals surface area contributed by atoms with E-state index in [0.717, 1.165) is 31.3 Å². The Hall–Kier alpha value is -2.67. The Balaban J connectivity index is 1.47. The van der Waals surface area contributed by atoms with Crippen molar-refractivity contribution >= 4 is 33.8 Å². The zero-order chi connectivity index (χ0) is 29.7. The van der Waals surface area contributed by atoms with E-state index >= 15 is 0 Å². The Kier molecular flexibility index (Phi) is 10.6. The van der Waals surface area contributed by atoms with Gasteiger partial charge < -0.3 is 25.8 Å². The number of nitrogens with zero attached hydrogens (tertiary/aromatic N) is 1. The van der Waals surface area contributed by atoms with Crippen molar-refractivity contribution in [2.24, 2.45) is 11.7 Å². The van der Waals surface area contributed by atoms with Gasteiger partial charge in [0.25, 0.3) is 0 Å². The van der Waals surface area contributed by atoms with E-state index in [1.165, 1.54) is 4.90 Å². The third-order valence-electron chi connectivity index (χ3n) is 7.41. The van der Waals surface area contributed by atoms with Gasteiger partial charge in [0.05, 0.1) is 11.4 Å². The lowest BCUT2D eigenvalue weighted by molar-refractivity contribution is -0.139. The number of likely N-dealkylation sites (tertiary alicyclic amines) is 1. The number of amides is 4. The highest BCUT2D eigenvalue weighted by Gasteiger charge is 2.41. The SMILES string of the molecule is CC(C)(C)OC(=O)N[C@@H](CCCCC/C=C1/CC[C@H](C(=O)NS(=O)(=O)C2CC2)C1)C(=O)N1C[C@H](O)C[C@H]1C(N)=O. The van der Waals surface area contributed by atoms with Crippen molar-refractivity contribution in [2.45, 2.75) is 120 Å². The number of aliphatic hydroxyl groups is 1. The molecule has 3 aliphatic rings. The lowest BCUT2D eigenvalue weighted by Crippen LogP contribution is -2.53. The number of ether oxygens (including phenoxy) is 1. The number of alkyl carbamates (subject to hydrolysis) is 1. The highest BCUT2D eigenvalue weighted by Crippen LogP contribution is 2.33. The number of nitrogens with two attached hydrogens (primary N) is 1. The molecule has 0 spiro atoms. The quantitative estimate of drug-likeness (QED) is 0.197. The van der Waals surface area contributed by atoms with Gasteiger partial charge in [0, 0.05) is 18.9 Å². The molecule has 0 unspecified atom stereocenters. The molecule has 2 saturated carbocycles. The van der Waals surface area contributed by atoms with E-state index in [1.54, 1.807) is 20.8 Å². The normalized spacial score (nSPS) is 25.1. The summed E-state index contributed by atoms with van der Waals surface area (Å²) in [6, 6.07) is -1.86. The minimum absolute atomic E-state index is 0.0297. The summed E-state index contributed by atoms with van der Waals surface area (Å²) in [4.78, 5) is 51.1. The van der Waals surface area contributed by atoms with Gasteiger partial charge in [0.1, 0.15) is 17.7 Å². The Morgan fingerprint density at radius 3 is 2.48 bits per heavy atom. The van der Waals surface area contributed by atoms with E-state index in [1.807, 2.05) is 0 Å². The number of carbonyl (C=O) groups excluding carboxylic acids is 4. The molecule has 1 heterocycles. The van der Waals surface area contributed by atoms with Crippen LogP contribution in [0.2, 0.25) is 0 Å². The lowest BCUT2D eigenvalue weighted by atomic mass is 10.0. The predicted molar refractivity (Wildman–Crippen MR) is 147 cm³/mol. The number of primary amides is 1. The maximum absolute atomic E-state index is 13.3. The number of β-amino-alcohol motifs (C(OH)–C–C–N with tert-alkyl or cyclic N) is 1. The largest absolute Gasteiger partial charge is 0.444 e. The molecule has 40 heavy (non-hydrogen) atoms. The summed E-state index contributed by atoms with van der Waals surface area (Å²) in [5, 5.41) is 12.2. The smallest absolute Gasteiger partial charge is 0.408 e. The molecular formula is C27H44N4O8S. The number of rotatable bonds is 12. The van der Waals surface area contributed by atoms with Crippen LogP contribution >= 0.6 is 0 Å². The summed E-state index contributed by atoms with van der Waals surface area (Å²) in [5.74, 6) is -1.91. The molecule has 4 atom stereocenters. The van der Waals surface area contributed by atoms with Gasteiger partial charge in [-0.3, -0.25) is 19.1 Å². The Morgan fingerprint density at radius 2 is 1.85 bits per heavy atom. The second kappa shape index (κ2) is 13.3. The van der Waals surface area contributed by atoms with Gasteiger partial charge in [-0.25, -0.2) is 13.2 Å². The fraction of sp³-hybridized carbons (Fsp3) is 0.778. The highest BCUT2D eigenvalue weighted by molar-refractivity contribution is 7.90. The number of allylic oxidation sites excluding steroid dienone is 2. The van der Waals surface area contributed by atoms with Crippen LogP contribution in [0.4, 0.5) is 4.79 Å². The monoisotopic (exact) mass is 584 g/mol. The first-order valence-corrected chi connectivity index (χ1v) is 15.7. The zero-order valence-electron chi connectivity index (χ0n) is 23.7. The third kappa shape index (κ3) is 9.46. The predicted octanol–water partition coefficient (Wildman–Crippen LogP) is 1.61. The second-order valence-corrected chi connectivity index (χ2v) is 14.1. The molecule has 0 aromatic heterocycles. The van der Waals surface area contributed by atoms with Crippen molar-refractivity contribution < 1.29 is 37.4 Å². The molecule has 5 N–H and O–H groups in total. The molecule has 0 aromatic carbocycles. The molecule has 226 valence electrons. The first kappa shape index (κ1) is 31.9. The number of carbonyl (C=O) groups is 4. The van der Waals surface area contributed by atoms with Crippen molar-refractivity contribution in [3.8, 4) is 0 Å². The third-order valence-corrected chi connectivity index (χ3v) is 9.24. The van der Waals surface area contributed by atoms with Crippen LogP contribution in [0.25, 0.3) is 0 Å². The second-order valence-electron chi connectivity index (χ2n) is 12.1. The molecule has 3 rings (SSSR count). The standard InChI is InChI=1S/C27H44N4O8S/c1-27(2,3)39-26(36)29-21(25(35)31-16-19(32)15-22(31)23(28)33)9-7-5-4-6-8-17-10-11-18(14-17)24(34)30-40(37,38)20-12-13-20/h8,18-22,32H,4-7,9-16H2,1-3H3,(H2,28,33)(H,29,36)(H,30,34)/b17-8-/t18-,19+,21-,22-/m0/s1. The van der Waals surface area contributed by atoms with Gasteiger partial charge in [-0.2, -0.15) is 0 Å². The Morgan fingerprint density at radius 1 is 1.15 bits per heavy atom. The van der Waals surface area contributed by atoms with E-state index in [0.29, 0.717) is 38.5 Å². The van der Waals surface area contributed by atoms with Crippen molar-refractivity contribution in [3.63, 3.8) is 0 Å². The average Bonchev–Trinajstić information content (AvgIpc) is 3.48. The van der Waals surface area contributed by atoms with E-state index in [4.69, 9.17) is 10.5 Å². The number of hydrogen-bond acceptors (Lipinski definition) is 8. The first-order chi connectivity index (χ1) is 18.7. The topological polar surface area (TPSA) is 185 Å².